The molecular weight excluding hydrogens is 434 g/mol. The molecule has 0 saturated carbocycles. The molecule has 0 radical (unpaired) electrons. The number of fused-ring (bicyclic) bond motifs is 3. The van der Waals surface area contributed by atoms with Gasteiger partial charge < -0.3 is 4.57 Å². The summed E-state index contributed by atoms with van der Waals surface area (Å²) in [7, 11) is 0. The van der Waals surface area contributed by atoms with Crippen LogP contribution in [0.3, 0.4) is 0 Å². The SMILES string of the molecule is CCCC(C)c1ccc(-n2c3ccc(-c4ccccc4)cc3c3cc(-c4ccccc4)ccc32)cc1. The predicted molar refractivity (Wildman–Crippen MR) is 155 cm³/mol. The number of benzene rings is 5. The van der Waals surface area contributed by atoms with Crippen LogP contribution >= 0.6 is 0 Å². The van der Waals surface area contributed by atoms with E-state index in [-0.39, 0.29) is 0 Å². The molecule has 5 aromatic carbocycles. The van der Waals surface area contributed by atoms with Crippen molar-refractivity contribution < 1.29 is 0 Å². The second kappa shape index (κ2) is 9.51. The lowest BCUT2D eigenvalue weighted by Gasteiger charge is -2.13. The third-order valence-electron chi connectivity index (χ3n) is 7.42. The molecule has 0 spiro atoms. The Morgan fingerprint density at radius 1 is 0.556 bits per heavy atom. The minimum atomic E-state index is 0.587. The summed E-state index contributed by atoms with van der Waals surface area (Å²) in [4.78, 5) is 0. The van der Waals surface area contributed by atoms with E-state index in [0.29, 0.717) is 5.92 Å². The van der Waals surface area contributed by atoms with Crippen LogP contribution in [-0.2, 0) is 0 Å². The lowest BCUT2D eigenvalue weighted by Crippen LogP contribution is -1.97. The van der Waals surface area contributed by atoms with Crippen LogP contribution in [0.2, 0.25) is 0 Å². The topological polar surface area (TPSA) is 4.93 Å². The molecule has 1 heterocycles. The van der Waals surface area contributed by atoms with E-state index in [1.807, 2.05) is 0 Å². The third-order valence-corrected chi connectivity index (χ3v) is 7.42. The van der Waals surface area contributed by atoms with Gasteiger partial charge in [-0.25, -0.2) is 0 Å². The van der Waals surface area contributed by atoms with Crippen molar-refractivity contribution >= 4 is 21.8 Å². The average molecular weight is 466 g/mol. The fraction of sp³-hybridized carbons (Fsp3) is 0.143. The van der Waals surface area contributed by atoms with Gasteiger partial charge in [-0.15, -0.1) is 0 Å². The highest BCUT2D eigenvalue weighted by Gasteiger charge is 2.15. The molecule has 0 aliphatic heterocycles. The van der Waals surface area contributed by atoms with Gasteiger partial charge >= 0.3 is 0 Å². The zero-order valence-corrected chi connectivity index (χ0v) is 21.0. The Hall–Kier alpha value is -4.10. The highest BCUT2D eigenvalue weighted by Crippen LogP contribution is 2.37. The smallest absolute Gasteiger partial charge is 0.0541 e. The Balaban J connectivity index is 1.57. The second-order valence-electron chi connectivity index (χ2n) is 9.81. The van der Waals surface area contributed by atoms with Gasteiger partial charge in [-0.3, -0.25) is 0 Å². The molecule has 1 nitrogen and oxygen atoms in total. The van der Waals surface area contributed by atoms with Gasteiger partial charge in [-0.05, 0) is 76.6 Å². The monoisotopic (exact) mass is 465 g/mol. The van der Waals surface area contributed by atoms with E-state index in [4.69, 9.17) is 0 Å². The van der Waals surface area contributed by atoms with Crippen molar-refractivity contribution in [1.82, 2.24) is 4.57 Å². The van der Waals surface area contributed by atoms with E-state index < -0.39 is 0 Å². The van der Waals surface area contributed by atoms with Gasteiger partial charge in [0.1, 0.15) is 0 Å². The van der Waals surface area contributed by atoms with Crippen LogP contribution in [0.1, 0.15) is 38.2 Å². The first kappa shape index (κ1) is 22.4. The van der Waals surface area contributed by atoms with Gasteiger partial charge in [-0.2, -0.15) is 0 Å². The number of hydrogen-bond acceptors (Lipinski definition) is 0. The first-order chi connectivity index (χ1) is 17.7. The van der Waals surface area contributed by atoms with Gasteiger partial charge in [0.2, 0.25) is 0 Å². The van der Waals surface area contributed by atoms with Crippen molar-refractivity contribution in [1.29, 1.82) is 0 Å². The third kappa shape index (κ3) is 4.01. The van der Waals surface area contributed by atoms with E-state index in [1.54, 1.807) is 0 Å². The molecule has 0 amide bonds. The summed E-state index contributed by atoms with van der Waals surface area (Å²) in [6.07, 6.45) is 2.43. The van der Waals surface area contributed by atoms with Crippen molar-refractivity contribution in [3.05, 3.63) is 127 Å². The number of hydrogen-bond donors (Lipinski definition) is 0. The van der Waals surface area contributed by atoms with Gasteiger partial charge in [0.15, 0.2) is 0 Å². The lowest BCUT2D eigenvalue weighted by molar-refractivity contribution is 0.665. The van der Waals surface area contributed by atoms with Crippen LogP contribution in [0.5, 0.6) is 0 Å². The first-order valence-electron chi connectivity index (χ1n) is 13.0. The first-order valence-corrected chi connectivity index (χ1v) is 13.0. The maximum atomic E-state index is 2.42. The minimum absolute atomic E-state index is 0.587. The zero-order valence-electron chi connectivity index (χ0n) is 21.0. The van der Waals surface area contributed by atoms with Crippen LogP contribution in [0, 0.1) is 0 Å². The molecule has 0 bridgehead atoms. The lowest BCUT2D eigenvalue weighted by atomic mass is 9.96. The van der Waals surface area contributed by atoms with Crippen LogP contribution in [-0.4, -0.2) is 4.57 Å². The van der Waals surface area contributed by atoms with E-state index in [9.17, 15) is 0 Å². The van der Waals surface area contributed by atoms with Crippen LogP contribution in [0.25, 0.3) is 49.7 Å². The Kier molecular flexibility index (Phi) is 5.91. The summed E-state index contributed by atoms with van der Waals surface area (Å²) in [5.41, 5.74) is 10.1. The van der Waals surface area contributed by atoms with Gasteiger partial charge in [0.25, 0.3) is 0 Å². The molecule has 36 heavy (non-hydrogen) atoms. The zero-order chi connectivity index (χ0) is 24.5. The largest absolute Gasteiger partial charge is 0.309 e. The summed E-state index contributed by atoms with van der Waals surface area (Å²) in [6.45, 7) is 4.59. The molecule has 0 saturated heterocycles. The summed E-state index contributed by atoms with van der Waals surface area (Å²) in [5, 5.41) is 2.57. The Morgan fingerprint density at radius 3 is 1.53 bits per heavy atom. The quantitative estimate of drug-likeness (QED) is 0.231. The fourth-order valence-electron chi connectivity index (χ4n) is 5.47. The van der Waals surface area contributed by atoms with E-state index in [0.717, 1.165) is 0 Å². The highest BCUT2D eigenvalue weighted by molar-refractivity contribution is 6.11. The normalized spacial score (nSPS) is 12.3. The second-order valence-corrected chi connectivity index (χ2v) is 9.81. The molecule has 1 aromatic heterocycles. The standard InChI is InChI=1S/C35H31N/c1-3-10-25(2)26-15-19-31(20-16-26)36-34-21-17-29(27-11-6-4-7-12-27)23-32(34)33-24-30(18-22-35(33)36)28-13-8-5-9-14-28/h4-9,11-25H,3,10H2,1-2H3. The summed E-state index contributed by atoms with van der Waals surface area (Å²) >= 11 is 0. The van der Waals surface area contributed by atoms with Gasteiger partial charge in [0, 0.05) is 16.5 Å². The van der Waals surface area contributed by atoms with E-state index >= 15 is 0 Å². The average Bonchev–Trinajstić information content (AvgIpc) is 3.27. The Labute approximate surface area is 213 Å². The van der Waals surface area contributed by atoms with Crippen LogP contribution in [0.15, 0.2) is 121 Å². The van der Waals surface area contributed by atoms with Crippen molar-refractivity contribution in [2.24, 2.45) is 0 Å². The molecule has 1 unspecified atom stereocenters. The van der Waals surface area contributed by atoms with Crippen molar-refractivity contribution in [2.45, 2.75) is 32.6 Å². The predicted octanol–water partition coefficient (Wildman–Crippen LogP) is 10.0. The number of rotatable bonds is 6. The van der Waals surface area contributed by atoms with Crippen molar-refractivity contribution in [2.75, 3.05) is 0 Å². The molecule has 0 aliphatic rings. The molecule has 6 aromatic rings. The maximum Gasteiger partial charge on any atom is 0.0541 e. The molecule has 6 rings (SSSR count). The van der Waals surface area contributed by atoms with Gasteiger partial charge in [0.05, 0.1) is 11.0 Å². The highest BCUT2D eigenvalue weighted by atomic mass is 15.0. The van der Waals surface area contributed by atoms with Gasteiger partial charge in [-0.1, -0.05) is 105 Å². The fourth-order valence-corrected chi connectivity index (χ4v) is 5.47. The van der Waals surface area contributed by atoms with Crippen molar-refractivity contribution in [3.8, 4) is 27.9 Å². The Bertz CT molecular complexity index is 1530. The maximum absolute atomic E-state index is 2.42. The number of aromatic nitrogens is 1. The molecule has 1 heteroatoms. The summed E-state index contributed by atoms with van der Waals surface area (Å²) in [5.74, 6) is 0.587. The molecule has 176 valence electrons. The summed E-state index contributed by atoms with van der Waals surface area (Å²) in [6, 6.07) is 44.3. The minimum Gasteiger partial charge on any atom is -0.309 e. The Morgan fingerprint density at radius 2 is 1.06 bits per heavy atom. The van der Waals surface area contributed by atoms with E-state index in [1.165, 1.54) is 68.2 Å². The summed E-state index contributed by atoms with van der Waals surface area (Å²) < 4.78 is 2.42. The van der Waals surface area contributed by atoms with Crippen LogP contribution in [0.4, 0.5) is 0 Å². The van der Waals surface area contributed by atoms with Crippen LogP contribution < -0.4 is 0 Å². The van der Waals surface area contributed by atoms with E-state index in [2.05, 4.69) is 140 Å². The molecule has 1 atom stereocenters. The molecule has 0 N–H and O–H groups in total. The molecule has 0 fully saturated rings. The molecule has 0 aliphatic carbocycles. The van der Waals surface area contributed by atoms with Crippen molar-refractivity contribution in [3.63, 3.8) is 0 Å². The number of nitrogens with zero attached hydrogens (tertiary/aromatic N) is 1. The molecular formula is C35H31N.